The van der Waals surface area contributed by atoms with Crippen LogP contribution in [0.4, 0.5) is 4.39 Å². The predicted molar refractivity (Wildman–Crippen MR) is 194 cm³/mol. The normalized spacial score (nSPS) is 23.2. The van der Waals surface area contributed by atoms with E-state index in [0.29, 0.717) is 12.8 Å². The topological polar surface area (TPSA) is 104 Å². The minimum atomic E-state index is -1.94. The van der Waals surface area contributed by atoms with E-state index < -0.39 is 55.9 Å². The first-order chi connectivity index (χ1) is 23.1. The van der Waals surface area contributed by atoms with Gasteiger partial charge in [0.2, 0.25) is 5.82 Å². The molecule has 2 fully saturated rings. The highest BCUT2D eigenvalue weighted by molar-refractivity contribution is 7.43. The van der Waals surface area contributed by atoms with Crippen molar-refractivity contribution < 1.29 is 28.0 Å². The van der Waals surface area contributed by atoms with Gasteiger partial charge < -0.3 is 23.6 Å². The molecule has 10 nitrogen and oxygen atoms in total. The van der Waals surface area contributed by atoms with Gasteiger partial charge in [-0.1, -0.05) is 61.6 Å². The molecular formula is C37H61FN3O7P. The first-order valence-electron chi connectivity index (χ1n) is 18.0. The van der Waals surface area contributed by atoms with E-state index in [1.165, 1.54) is 11.1 Å². The number of aromatic nitrogens is 2. The first-order valence-corrected chi connectivity index (χ1v) is 19.2. The third-order valence-corrected chi connectivity index (χ3v) is 10.7. The van der Waals surface area contributed by atoms with Gasteiger partial charge in [0.1, 0.15) is 18.3 Å². The van der Waals surface area contributed by atoms with Crippen molar-refractivity contribution in [2.24, 2.45) is 0 Å². The standard InChI is InChI=1S/C37H61FN3O7P/c1-11-20-37(21-12-2)47-32-31(24-45-49(44)41(26(5)6)27(7)8)46-35(33(32)48-37)40-23-30(38)34(42)39(36(40)43)22-19-29(10)18-14-17-28(9)16-13-15-25(3)4/h15,17,19,23,26-27,31-33,35,44H,11-14,16,18,20-22,24H2,1-10H3/t31-,32-,33-,35-,49?/m1/s1. The molecule has 1 aromatic rings. The third kappa shape index (κ3) is 11.0. The smallest absolute Gasteiger partial charge is 0.333 e. The summed E-state index contributed by atoms with van der Waals surface area (Å²) >= 11 is 0. The Morgan fingerprint density at radius 1 is 0.980 bits per heavy atom. The SMILES string of the molecule is CCCC1(CCC)O[C@@H]2[C@H](O1)[C@@H](COP(O)N(C(C)C)C(C)C)O[C@H]2n1cc(F)c(=O)n(CC=C(C)CCC=C(C)CCC=C(C)C)c1=O. The fraction of sp³-hybridized carbons (Fsp3) is 0.730. The Kier molecular flexibility index (Phi) is 16.1. The van der Waals surface area contributed by atoms with Gasteiger partial charge >= 0.3 is 5.69 Å². The van der Waals surface area contributed by atoms with Crippen LogP contribution >= 0.6 is 8.53 Å². The Morgan fingerprint density at radius 3 is 2.12 bits per heavy atom. The van der Waals surface area contributed by atoms with Crippen LogP contribution in [-0.4, -0.2) is 61.5 Å². The molecular weight excluding hydrogens is 648 g/mol. The monoisotopic (exact) mass is 709 g/mol. The molecule has 0 spiro atoms. The number of ether oxygens (including phenoxy) is 3. The van der Waals surface area contributed by atoms with Crippen molar-refractivity contribution >= 4 is 8.53 Å². The van der Waals surface area contributed by atoms with Crippen LogP contribution in [0.2, 0.25) is 0 Å². The highest BCUT2D eigenvalue weighted by atomic mass is 31.2. The second-order valence-electron chi connectivity index (χ2n) is 14.3. The molecule has 1 N–H and O–H groups in total. The molecule has 12 heteroatoms. The van der Waals surface area contributed by atoms with Crippen molar-refractivity contribution in [3.8, 4) is 0 Å². The summed E-state index contributed by atoms with van der Waals surface area (Å²) in [5.41, 5.74) is 1.95. The van der Waals surface area contributed by atoms with Gasteiger partial charge in [-0.2, -0.15) is 4.39 Å². The molecule has 2 aliphatic heterocycles. The van der Waals surface area contributed by atoms with Gasteiger partial charge in [-0.05, 0) is 81.1 Å². The van der Waals surface area contributed by atoms with E-state index in [-0.39, 0.29) is 25.2 Å². The molecule has 3 heterocycles. The fourth-order valence-corrected chi connectivity index (χ4v) is 7.90. The number of rotatable bonds is 19. The van der Waals surface area contributed by atoms with E-state index >= 15 is 4.39 Å². The van der Waals surface area contributed by atoms with Gasteiger partial charge in [-0.15, -0.1) is 0 Å². The minimum absolute atomic E-state index is 0.0187. The molecule has 3 rings (SSSR count). The summed E-state index contributed by atoms with van der Waals surface area (Å²) in [7, 11) is -1.94. The number of fused-ring (bicyclic) bond motifs is 1. The molecule has 5 atom stereocenters. The minimum Gasteiger partial charge on any atom is -0.346 e. The van der Waals surface area contributed by atoms with E-state index in [1.54, 1.807) is 6.08 Å². The summed E-state index contributed by atoms with van der Waals surface area (Å²) in [4.78, 5) is 37.8. The van der Waals surface area contributed by atoms with Crippen molar-refractivity contribution in [3.05, 3.63) is 67.8 Å². The van der Waals surface area contributed by atoms with Crippen molar-refractivity contribution in [1.82, 2.24) is 13.8 Å². The van der Waals surface area contributed by atoms with Gasteiger partial charge in [-0.25, -0.2) is 9.46 Å². The number of halogens is 1. The number of hydrogen-bond donors (Lipinski definition) is 1. The zero-order valence-corrected chi connectivity index (χ0v) is 32.3. The van der Waals surface area contributed by atoms with Crippen LogP contribution in [0.1, 0.15) is 127 Å². The zero-order valence-electron chi connectivity index (χ0n) is 31.4. The third-order valence-electron chi connectivity index (χ3n) is 9.03. The second kappa shape index (κ2) is 19.0. The van der Waals surface area contributed by atoms with E-state index in [9.17, 15) is 14.5 Å². The van der Waals surface area contributed by atoms with Crippen molar-refractivity contribution in [1.29, 1.82) is 0 Å². The van der Waals surface area contributed by atoms with Crippen LogP contribution in [0, 0.1) is 5.82 Å². The van der Waals surface area contributed by atoms with Gasteiger partial charge in [0.05, 0.1) is 12.8 Å². The van der Waals surface area contributed by atoms with Crippen LogP contribution in [0.15, 0.2) is 50.7 Å². The molecule has 0 aromatic carbocycles. The average Bonchev–Trinajstić information content (AvgIpc) is 3.53. The van der Waals surface area contributed by atoms with E-state index in [4.69, 9.17) is 18.7 Å². The Hall–Kier alpha value is -1.98. The van der Waals surface area contributed by atoms with Crippen LogP contribution in [0.25, 0.3) is 0 Å². The molecule has 1 unspecified atom stereocenters. The Labute approximate surface area is 293 Å². The predicted octanol–water partition coefficient (Wildman–Crippen LogP) is 7.90. The molecule has 49 heavy (non-hydrogen) atoms. The largest absolute Gasteiger partial charge is 0.346 e. The molecule has 0 amide bonds. The van der Waals surface area contributed by atoms with Gasteiger partial charge in [0.25, 0.3) is 14.1 Å². The molecule has 0 bridgehead atoms. The maximum Gasteiger partial charge on any atom is 0.333 e. The summed E-state index contributed by atoms with van der Waals surface area (Å²) in [6.45, 7) is 20.2. The lowest BCUT2D eigenvalue weighted by atomic mass is 10.1. The number of hydrogen-bond acceptors (Lipinski definition) is 8. The molecule has 0 saturated carbocycles. The zero-order chi connectivity index (χ0) is 36.5. The maximum absolute atomic E-state index is 15.3. The van der Waals surface area contributed by atoms with Crippen molar-refractivity contribution in [2.45, 2.75) is 170 Å². The molecule has 2 saturated heterocycles. The maximum atomic E-state index is 15.3. The van der Waals surface area contributed by atoms with E-state index in [0.717, 1.165) is 59.4 Å². The van der Waals surface area contributed by atoms with E-state index in [2.05, 4.69) is 32.9 Å². The van der Waals surface area contributed by atoms with Gasteiger partial charge in [-0.3, -0.25) is 13.9 Å². The second-order valence-corrected chi connectivity index (χ2v) is 15.5. The van der Waals surface area contributed by atoms with Crippen LogP contribution in [-0.2, 0) is 25.3 Å². The highest BCUT2D eigenvalue weighted by Crippen LogP contribution is 2.48. The molecule has 278 valence electrons. The lowest BCUT2D eigenvalue weighted by Gasteiger charge is -2.34. The number of allylic oxidation sites excluding steroid dienone is 6. The molecule has 1 aromatic heterocycles. The summed E-state index contributed by atoms with van der Waals surface area (Å²) in [6, 6.07) is 0.0970. The van der Waals surface area contributed by atoms with Gasteiger partial charge in [0, 0.05) is 31.5 Å². The van der Waals surface area contributed by atoms with Crippen molar-refractivity contribution in [3.63, 3.8) is 0 Å². The number of nitrogens with zero attached hydrogens (tertiary/aromatic N) is 3. The fourth-order valence-electron chi connectivity index (χ4n) is 6.70. The summed E-state index contributed by atoms with van der Waals surface area (Å²) in [5.74, 6) is -1.95. The Balaban J connectivity index is 1.86. The van der Waals surface area contributed by atoms with Crippen LogP contribution in [0.5, 0.6) is 0 Å². The highest BCUT2D eigenvalue weighted by Gasteiger charge is 2.58. The quantitative estimate of drug-likeness (QED) is 0.114. The Bertz CT molecular complexity index is 1420. The Morgan fingerprint density at radius 2 is 1.55 bits per heavy atom. The lowest BCUT2D eigenvalue weighted by molar-refractivity contribution is -0.226. The lowest BCUT2D eigenvalue weighted by Crippen LogP contribution is -2.44. The van der Waals surface area contributed by atoms with Gasteiger partial charge in [0.15, 0.2) is 12.0 Å². The summed E-state index contributed by atoms with van der Waals surface area (Å²) in [5, 5.41) is 0. The van der Waals surface area contributed by atoms with Crippen molar-refractivity contribution in [2.75, 3.05) is 6.61 Å². The summed E-state index contributed by atoms with van der Waals surface area (Å²) in [6.07, 6.45) is 10.5. The van der Waals surface area contributed by atoms with Crippen LogP contribution < -0.4 is 11.2 Å². The summed E-state index contributed by atoms with van der Waals surface area (Å²) < 4.78 is 44.7. The molecule has 0 radical (unpaired) electrons. The molecule has 0 aliphatic carbocycles. The van der Waals surface area contributed by atoms with E-state index in [1.807, 2.05) is 53.1 Å². The average molecular weight is 710 g/mol. The first kappa shape index (κ1) is 41.4. The molecule has 2 aliphatic rings. The van der Waals surface area contributed by atoms with Crippen LogP contribution in [0.3, 0.4) is 0 Å².